The Balaban J connectivity index is 1.88. The summed E-state index contributed by atoms with van der Waals surface area (Å²) in [5.74, 6) is -0.0741. The van der Waals surface area contributed by atoms with Crippen LogP contribution in [-0.4, -0.2) is 31.6 Å². The van der Waals surface area contributed by atoms with Crippen LogP contribution in [0.25, 0.3) is 0 Å². The van der Waals surface area contributed by atoms with Gasteiger partial charge in [0.25, 0.3) is 5.91 Å². The predicted octanol–water partition coefficient (Wildman–Crippen LogP) is 4.13. The molecule has 1 N–H and O–H groups in total. The number of esters is 1. The second-order valence-corrected chi connectivity index (χ2v) is 6.96. The van der Waals surface area contributed by atoms with Gasteiger partial charge < -0.3 is 14.8 Å². The number of carbonyl (C=O) groups excluding carboxylic acids is 2. The van der Waals surface area contributed by atoms with Gasteiger partial charge in [0.05, 0.1) is 13.5 Å². The summed E-state index contributed by atoms with van der Waals surface area (Å²) < 4.78 is 10.5. The summed E-state index contributed by atoms with van der Waals surface area (Å²) in [4.78, 5) is 24.5. The van der Waals surface area contributed by atoms with Crippen molar-refractivity contribution in [1.29, 1.82) is 0 Å². The SMILES string of the molecule is CC[C@H](CNC(=O)[C@@H](C)OC(=O)Cc1cc(Cl)ccc1OC)c1ccccc1. The Bertz CT molecular complexity index is 794. The number of hydrogen-bond donors (Lipinski definition) is 1. The molecular weight excluding hydrogens is 378 g/mol. The third-order valence-electron chi connectivity index (χ3n) is 4.54. The van der Waals surface area contributed by atoms with Crippen LogP contribution in [-0.2, 0) is 20.7 Å². The van der Waals surface area contributed by atoms with E-state index in [9.17, 15) is 9.59 Å². The molecule has 0 aromatic heterocycles. The van der Waals surface area contributed by atoms with Crippen molar-refractivity contribution in [3.05, 3.63) is 64.7 Å². The van der Waals surface area contributed by atoms with E-state index in [4.69, 9.17) is 21.1 Å². The monoisotopic (exact) mass is 403 g/mol. The summed E-state index contributed by atoms with van der Waals surface area (Å²) in [5, 5.41) is 3.37. The molecule has 0 heterocycles. The molecule has 5 nitrogen and oxygen atoms in total. The van der Waals surface area contributed by atoms with Crippen molar-refractivity contribution < 1.29 is 19.1 Å². The Morgan fingerprint density at radius 2 is 1.86 bits per heavy atom. The van der Waals surface area contributed by atoms with E-state index in [2.05, 4.69) is 12.2 Å². The lowest BCUT2D eigenvalue weighted by Gasteiger charge is -2.19. The van der Waals surface area contributed by atoms with E-state index in [1.807, 2.05) is 30.3 Å². The molecule has 2 atom stereocenters. The number of benzene rings is 2. The van der Waals surface area contributed by atoms with Crippen LogP contribution in [0.1, 0.15) is 37.3 Å². The molecule has 2 rings (SSSR count). The fourth-order valence-electron chi connectivity index (χ4n) is 2.92. The van der Waals surface area contributed by atoms with Gasteiger partial charge in [0.15, 0.2) is 6.10 Å². The number of hydrogen-bond acceptors (Lipinski definition) is 4. The zero-order valence-electron chi connectivity index (χ0n) is 16.4. The van der Waals surface area contributed by atoms with Gasteiger partial charge in [-0.1, -0.05) is 48.9 Å². The normalized spacial score (nSPS) is 12.7. The highest BCUT2D eigenvalue weighted by molar-refractivity contribution is 6.30. The van der Waals surface area contributed by atoms with E-state index in [0.29, 0.717) is 22.9 Å². The zero-order valence-corrected chi connectivity index (χ0v) is 17.2. The van der Waals surface area contributed by atoms with Gasteiger partial charge in [0, 0.05) is 23.0 Å². The maximum atomic E-state index is 12.3. The second kappa shape index (κ2) is 10.7. The first-order valence-electron chi connectivity index (χ1n) is 9.29. The lowest BCUT2D eigenvalue weighted by molar-refractivity contribution is -0.154. The van der Waals surface area contributed by atoms with Gasteiger partial charge in [-0.2, -0.15) is 0 Å². The molecule has 0 saturated heterocycles. The Kier molecular flexibility index (Phi) is 8.33. The summed E-state index contributed by atoms with van der Waals surface area (Å²) in [6.45, 7) is 4.13. The molecule has 0 aliphatic heterocycles. The number of ether oxygens (including phenoxy) is 2. The summed E-state index contributed by atoms with van der Waals surface area (Å²) in [6, 6.07) is 15.0. The largest absolute Gasteiger partial charge is 0.496 e. The average molecular weight is 404 g/mol. The number of carbonyl (C=O) groups is 2. The van der Waals surface area contributed by atoms with Crippen LogP contribution < -0.4 is 10.1 Å². The molecule has 2 aromatic carbocycles. The van der Waals surface area contributed by atoms with Crippen LogP contribution in [0.2, 0.25) is 5.02 Å². The summed E-state index contributed by atoms with van der Waals surface area (Å²) in [6.07, 6.45) is -0.0124. The number of halogens is 1. The highest BCUT2D eigenvalue weighted by atomic mass is 35.5. The van der Waals surface area contributed by atoms with Crippen LogP contribution in [0.15, 0.2) is 48.5 Å². The lowest BCUT2D eigenvalue weighted by atomic mass is 9.96. The Morgan fingerprint density at radius 1 is 1.14 bits per heavy atom. The number of rotatable bonds is 9. The Hall–Kier alpha value is -2.53. The molecule has 6 heteroatoms. The third-order valence-corrected chi connectivity index (χ3v) is 4.78. The fraction of sp³-hybridized carbons (Fsp3) is 0.364. The highest BCUT2D eigenvalue weighted by Crippen LogP contribution is 2.23. The molecule has 0 unspecified atom stereocenters. The van der Waals surface area contributed by atoms with Crippen LogP contribution >= 0.6 is 11.6 Å². The van der Waals surface area contributed by atoms with Crippen LogP contribution in [0.5, 0.6) is 5.75 Å². The maximum Gasteiger partial charge on any atom is 0.311 e. The number of methoxy groups -OCH3 is 1. The molecule has 1 amide bonds. The molecule has 0 bridgehead atoms. The van der Waals surface area contributed by atoms with Crippen molar-refractivity contribution in [3.63, 3.8) is 0 Å². The minimum atomic E-state index is -0.883. The van der Waals surface area contributed by atoms with Crippen molar-refractivity contribution in [3.8, 4) is 5.75 Å². The van der Waals surface area contributed by atoms with E-state index in [1.165, 1.54) is 12.7 Å². The maximum absolute atomic E-state index is 12.3. The quantitative estimate of drug-likeness (QED) is 0.639. The molecule has 2 aromatic rings. The van der Waals surface area contributed by atoms with Gasteiger partial charge in [-0.05, 0) is 37.1 Å². The van der Waals surface area contributed by atoms with Crippen molar-refractivity contribution in [2.24, 2.45) is 0 Å². The topological polar surface area (TPSA) is 64.6 Å². The molecule has 0 spiro atoms. The predicted molar refractivity (Wildman–Crippen MR) is 110 cm³/mol. The Labute approximate surface area is 171 Å². The molecule has 0 aliphatic carbocycles. The van der Waals surface area contributed by atoms with Crippen molar-refractivity contribution in [1.82, 2.24) is 5.32 Å². The Morgan fingerprint density at radius 3 is 2.50 bits per heavy atom. The minimum absolute atomic E-state index is 0.0248. The van der Waals surface area contributed by atoms with Crippen LogP contribution in [0, 0.1) is 0 Å². The van der Waals surface area contributed by atoms with E-state index < -0.39 is 12.1 Å². The molecule has 28 heavy (non-hydrogen) atoms. The third kappa shape index (κ3) is 6.27. The molecule has 0 saturated carbocycles. The molecular formula is C22H26ClNO4. The van der Waals surface area contributed by atoms with Crippen molar-refractivity contribution >= 4 is 23.5 Å². The second-order valence-electron chi connectivity index (χ2n) is 6.53. The van der Waals surface area contributed by atoms with E-state index in [1.54, 1.807) is 25.1 Å². The standard InChI is InChI=1S/C22H26ClNO4/c1-4-16(17-8-6-5-7-9-17)14-24-22(26)15(2)28-21(25)13-18-12-19(23)10-11-20(18)27-3/h5-12,15-16H,4,13-14H2,1-3H3,(H,24,26)/t15-,16-/m1/s1. The molecule has 0 fully saturated rings. The molecule has 150 valence electrons. The first kappa shape index (κ1) is 21.8. The van der Waals surface area contributed by atoms with E-state index >= 15 is 0 Å². The minimum Gasteiger partial charge on any atom is -0.496 e. The van der Waals surface area contributed by atoms with Gasteiger partial charge in [-0.3, -0.25) is 9.59 Å². The molecule has 0 aliphatic rings. The van der Waals surface area contributed by atoms with Gasteiger partial charge in [-0.25, -0.2) is 0 Å². The van der Waals surface area contributed by atoms with Crippen LogP contribution in [0.3, 0.4) is 0 Å². The van der Waals surface area contributed by atoms with Gasteiger partial charge in [-0.15, -0.1) is 0 Å². The highest BCUT2D eigenvalue weighted by Gasteiger charge is 2.20. The zero-order chi connectivity index (χ0) is 20.5. The van der Waals surface area contributed by atoms with E-state index in [0.717, 1.165) is 6.42 Å². The summed E-state index contributed by atoms with van der Waals surface area (Å²) in [5.41, 5.74) is 1.78. The van der Waals surface area contributed by atoms with Crippen LogP contribution in [0.4, 0.5) is 0 Å². The first-order chi connectivity index (χ1) is 13.4. The average Bonchev–Trinajstić information content (AvgIpc) is 2.69. The first-order valence-corrected chi connectivity index (χ1v) is 9.67. The van der Waals surface area contributed by atoms with Crippen molar-refractivity contribution in [2.45, 2.75) is 38.7 Å². The summed E-state index contributed by atoms with van der Waals surface area (Å²) in [7, 11) is 1.52. The molecule has 0 radical (unpaired) electrons. The van der Waals surface area contributed by atoms with Crippen molar-refractivity contribution in [2.75, 3.05) is 13.7 Å². The fourth-order valence-corrected chi connectivity index (χ4v) is 3.12. The smallest absolute Gasteiger partial charge is 0.311 e. The van der Waals surface area contributed by atoms with Gasteiger partial charge in [0.2, 0.25) is 0 Å². The van der Waals surface area contributed by atoms with Gasteiger partial charge in [0.1, 0.15) is 5.75 Å². The lowest BCUT2D eigenvalue weighted by Crippen LogP contribution is -2.38. The number of nitrogens with one attached hydrogen (secondary N) is 1. The van der Waals surface area contributed by atoms with E-state index in [-0.39, 0.29) is 18.2 Å². The summed E-state index contributed by atoms with van der Waals surface area (Å²) >= 11 is 5.98. The van der Waals surface area contributed by atoms with Gasteiger partial charge >= 0.3 is 5.97 Å². The number of amides is 1.